The van der Waals surface area contributed by atoms with Gasteiger partial charge in [0.1, 0.15) is 5.82 Å². The normalized spacial score (nSPS) is 25.0. The lowest BCUT2D eigenvalue weighted by Gasteiger charge is -2.15. The highest BCUT2D eigenvalue weighted by Gasteiger charge is 2.23. The van der Waals surface area contributed by atoms with Crippen molar-refractivity contribution < 1.29 is 0 Å². The van der Waals surface area contributed by atoms with Gasteiger partial charge in [-0.25, -0.2) is 0 Å². The molecule has 1 heterocycles. The van der Waals surface area contributed by atoms with Crippen LogP contribution in [0.15, 0.2) is 0 Å². The molecule has 4 heteroatoms. The number of nitrogens with two attached hydrogens (primary N) is 1. The number of nitrogens with one attached hydrogen (secondary N) is 1. The standard InChI is InChI=1S/C12H22N4/c1-8-4-5-10(6-8)14-12-11(7-13)9(2)15-16(12)3/h8,10,14H,4-7,13H2,1-3H3. The first kappa shape index (κ1) is 11.5. The largest absolute Gasteiger partial charge is 0.367 e. The zero-order chi connectivity index (χ0) is 11.7. The molecule has 2 unspecified atom stereocenters. The lowest BCUT2D eigenvalue weighted by molar-refractivity contribution is 0.600. The third kappa shape index (κ3) is 2.07. The molecule has 0 bridgehead atoms. The lowest BCUT2D eigenvalue weighted by Crippen LogP contribution is -2.19. The van der Waals surface area contributed by atoms with Crippen LogP contribution in [0.25, 0.3) is 0 Å². The van der Waals surface area contributed by atoms with Crippen molar-refractivity contribution in [2.45, 2.75) is 45.7 Å². The monoisotopic (exact) mass is 222 g/mol. The Labute approximate surface area is 97.2 Å². The predicted octanol–water partition coefficient (Wildman–Crippen LogP) is 1.79. The molecule has 0 aromatic carbocycles. The maximum Gasteiger partial charge on any atom is 0.128 e. The zero-order valence-electron chi connectivity index (χ0n) is 10.5. The summed E-state index contributed by atoms with van der Waals surface area (Å²) >= 11 is 0. The van der Waals surface area contributed by atoms with Crippen LogP contribution in [0.2, 0.25) is 0 Å². The van der Waals surface area contributed by atoms with Crippen molar-refractivity contribution in [2.24, 2.45) is 18.7 Å². The summed E-state index contributed by atoms with van der Waals surface area (Å²) < 4.78 is 1.92. The second kappa shape index (κ2) is 4.45. The third-order valence-electron chi connectivity index (χ3n) is 3.59. The molecule has 1 aromatic rings. The molecule has 16 heavy (non-hydrogen) atoms. The van der Waals surface area contributed by atoms with E-state index in [1.807, 2.05) is 18.7 Å². The van der Waals surface area contributed by atoms with Crippen molar-refractivity contribution in [3.63, 3.8) is 0 Å². The van der Waals surface area contributed by atoms with Crippen LogP contribution in [0.5, 0.6) is 0 Å². The van der Waals surface area contributed by atoms with E-state index in [1.54, 1.807) is 0 Å². The quantitative estimate of drug-likeness (QED) is 0.819. The molecule has 0 saturated heterocycles. The number of aryl methyl sites for hydroxylation is 2. The summed E-state index contributed by atoms with van der Waals surface area (Å²) in [6, 6.07) is 0.593. The number of hydrogen-bond donors (Lipinski definition) is 2. The summed E-state index contributed by atoms with van der Waals surface area (Å²) in [5.41, 5.74) is 7.97. The topological polar surface area (TPSA) is 55.9 Å². The minimum Gasteiger partial charge on any atom is -0.367 e. The molecule has 1 fully saturated rings. The highest BCUT2D eigenvalue weighted by atomic mass is 15.3. The van der Waals surface area contributed by atoms with Gasteiger partial charge in [0.15, 0.2) is 0 Å². The fourth-order valence-electron chi connectivity index (χ4n) is 2.66. The molecule has 0 aliphatic heterocycles. The summed E-state index contributed by atoms with van der Waals surface area (Å²) in [7, 11) is 1.98. The van der Waals surface area contributed by atoms with Gasteiger partial charge >= 0.3 is 0 Å². The van der Waals surface area contributed by atoms with Crippen molar-refractivity contribution in [3.05, 3.63) is 11.3 Å². The molecule has 1 aliphatic rings. The van der Waals surface area contributed by atoms with E-state index in [1.165, 1.54) is 19.3 Å². The van der Waals surface area contributed by atoms with Gasteiger partial charge in [0.05, 0.1) is 5.69 Å². The maximum atomic E-state index is 5.77. The molecule has 3 N–H and O–H groups in total. The van der Waals surface area contributed by atoms with Crippen LogP contribution in [0.4, 0.5) is 5.82 Å². The van der Waals surface area contributed by atoms with Gasteiger partial charge in [-0.3, -0.25) is 4.68 Å². The van der Waals surface area contributed by atoms with E-state index in [-0.39, 0.29) is 0 Å². The number of hydrogen-bond acceptors (Lipinski definition) is 3. The molecular weight excluding hydrogens is 200 g/mol. The Kier molecular flexibility index (Phi) is 3.19. The molecule has 1 saturated carbocycles. The summed E-state index contributed by atoms with van der Waals surface area (Å²) in [5, 5.41) is 8.02. The number of nitrogens with zero attached hydrogens (tertiary/aromatic N) is 2. The Morgan fingerprint density at radius 2 is 2.25 bits per heavy atom. The van der Waals surface area contributed by atoms with Crippen LogP contribution in [0.3, 0.4) is 0 Å². The second-order valence-corrected chi connectivity index (χ2v) is 5.00. The summed E-state index contributed by atoms with van der Waals surface area (Å²) in [6.07, 6.45) is 3.84. The van der Waals surface area contributed by atoms with Gasteiger partial charge in [-0.2, -0.15) is 5.10 Å². The first-order chi connectivity index (χ1) is 7.61. The van der Waals surface area contributed by atoms with Gasteiger partial charge in [0, 0.05) is 25.2 Å². The average molecular weight is 222 g/mol. The Balaban J connectivity index is 2.14. The summed E-state index contributed by atoms with van der Waals surface area (Å²) in [4.78, 5) is 0. The average Bonchev–Trinajstić information content (AvgIpc) is 2.73. The second-order valence-electron chi connectivity index (χ2n) is 5.00. The van der Waals surface area contributed by atoms with Gasteiger partial charge in [-0.1, -0.05) is 6.92 Å². The number of rotatable bonds is 3. The van der Waals surface area contributed by atoms with Gasteiger partial charge in [-0.15, -0.1) is 0 Å². The smallest absolute Gasteiger partial charge is 0.128 e. The van der Waals surface area contributed by atoms with E-state index in [0.29, 0.717) is 12.6 Å². The summed E-state index contributed by atoms with van der Waals surface area (Å²) in [6.45, 7) is 4.90. The van der Waals surface area contributed by atoms with Crippen LogP contribution in [0, 0.1) is 12.8 Å². The molecule has 90 valence electrons. The fraction of sp³-hybridized carbons (Fsp3) is 0.750. The molecule has 2 atom stereocenters. The lowest BCUT2D eigenvalue weighted by atomic mass is 10.1. The van der Waals surface area contributed by atoms with E-state index in [4.69, 9.17) is 5.73 Å². The van der Waals surface area contributed by atoms with E-state index in [2.05, 4.69) is 17.3 Å². The Hall–Kier alpha value is -1.03. The maximum absolute atomic E-state index is 5.77. The van der Waals surface area contributed by atoms with E-state index in [0.717, 1.165) is 23.0 Å². The molecular formula is C12H22N4. The fourth-order valence-corrected chi connectivity index (χ4v) is 2.66. The molecule has 1 aliphatic carbocycles. The predicted molar refractivity (Wildman–Crippen MR) is 66.3 cm³/mol. The minimum absolute atomic E-state index is 0.560. The van der Waals surface area contributed by atoms with E-state index in [9.17, 15) is 0 Å². The van der Waals surface area contributed by atoms with Crippen LogP contribution in [0.1, 0.15) is 37.4 Å². The van der Waals surface area contributed by atoms with Crippen molar-refractivity contribution in [1.29, 1.82) is 0 Å². The number of anilines is 1. The van der Waals surface area contributed by atoms with Crippen LogP contribution >= 0.6 is 0 Å². The molecule has 4 nitrogen and oxygen atoms in total. The highest BCUT2D eigenvalue weighted by molar-refractivity contribution is 5.48. The first-order valence-electron chi connectivity index (χ1n) is 6.11. The SMILES string of the molecule is Cc1nn(C)c(NC2CCC(C)C2)c1CN. The molecule has 0 amide bonds. The zero-order valence-corrected chi connectivity index (χ0v) is 10.5. The van der Waals surface area contributed by atoms with Gasteiger partial charge in [0.2, 0.25) is 0 Å². The van der Waals surface area contributed by atoms with Crippen LogP contribution in [-0.4, -0.2) is 15.8 Å². The highest BCUT2D eigenvalue weighted by Crippen LogP contribution is 2.29. The van der Waals surface area contributed by atoms with Crippen LogP contribution < -0.4 is 11.1 Å². The Morgan fingerprint density at radius 3 is 2.81 bits per heavy atom. The van der Waals surface area contributed by atoms with Crippen molar-refractivity contribution in [1.82, 2.24) is 9.78 Å². The van der Waals surface area contributed by atoms with Crippen molar-refractivity contribution in [3.8, 4) is 0 Å². The Bertz CT molecular complexity index is 369. The molecule has 2 rings (SSSR count). The van der Waals surface area contributed by atoms with Crippen molar-refractivity contribution in [2.75, 3.05) is 5.32 Å². The minimum atomic E-state index is 0.560. The van der Waals surface area contributed by atoms with Gasteiger partial charge in [-0.05, 0) is 32.1 Å². The third-order valence-corrected chi connectivity index (χ3v) is 3.59. The van der Waals surface area contributed by atoms with Gasteiger partial charge < -0.3 is 11.1 Å². The van der Waals surface area contributed by atoms with E-state index >= 15 is 0 Å². The van der Waals surface area contributed by atoms with E-state index < -0.39 is 0 Å². The molecule has 0 radical (unpaired) electrons. The van der Waals surface area contributed by atoms with Crippen molar-refractivity contribution >= 4 is 5.82 Å². The van der Waals surface area contributed by atoms with Crippen LogP contribution in [-0.2, 0) is 13.6 Å². The van der Waals surface area contributed by atoms with Gasteiger partial charge in [0.25, 0.3) is 0 Å². The molecule has 1 aromatic heterocycles. The molecule has 0 spiro atoms. The number of aromatic nitrogens is 2. The first-order valence-corrected chi connectivity index (χ1v) is 6.11. The summed E-state index contributed by atoms with van der Waals surface area (Å²) in [5.74, 6) is 1.95. The Morgan fingerprint density at radius 1 is 1.50 bits per heavy atom.